The van der Waals surface area contributed by atoms with Crippen molar-refractivity contribution in [1.82, 2.24) is 5.32 Å². The van der Waals surface area contributed by atoms with Crippen LogP contribution in [0.5, 0.6) is 0 Å². The van der Waals surface area contributed by atoms with E-state index < -0.39 is 12.8 Å². The number of nitrogens with one attached hydrogen (secondary N) is 1. The summed E-state index contributed by atoms with van der Waals surface area (Å²) in [6.45, 7) is 3.83. The van der Waals surface area contributed by atoms with Crippen LogP contribution in [0, 0.1) is 5.92 Å². The van der Waals surface area contributed by atoms with Crippen molar-refractivity contribution in [1.29, 1.82) is 0 Å². The van der Waals surface area contributed by atoms with Gasteiger partial charge in [0.2, 0.25) is 0 Å². The molecule has 0 saturated carbocycles. The first-order valence-electron chi connectivity index (χ1n) is 5.30. The third-order valence-corrected chi connectivity index (χ3v) is 3.32. The van der Waals surface area contributed by atoms with Gasteiger partial charge in [-0.2, -0.15) is 13.2 Å². The lowest BCUT2D eigenvalue weighted by atomic mass is 10.1. The Morgan fingerprint density at radius 1 is 1.31 bits per heavy atom. The lowest BCUT2D eigenvalue weighted by Gasteiger charge is -2.19. The molecule has 0 spiro atoms. The summed E-state index contributed by atoms with van der Waals surface area (Å²) in [6, 6.07) is 0.349. The van der Waals surface area contributed by atoms with Crippen LogP contribution in [-0.2, 0) is 4.74 Å². The molecular weight excluding hydrogens is 287 g/mol. The molecule has 0 aliphatic rings. The second-order valence-corrected chi connectivity index (χ2v) is 4.54. The summed E-state index contributed by atoms with van der Waals surface area (Å²) in [5.41, 5.74) is 0. The molecule has 0 aromatic carbocycles. The van der Waals surface area contributed by atoms with Crippen molar-refractivity contribution >= 4 is 15.9 Å². The maximum Gasteiger partial charge on any atom is 0.411 e. The number of hydrogen-bond donors (Lipinski definition) is 1. The quantitative estimate of drug-likeness (QED) is 0.550. The van der Waals surface area contributed by atoms with Crippen molar-refractivity contribution in [3.8, 4) is 0 Å². The van der Waals surface area contributed by atoms with Gasteiger partial charge in [0.25, 0.3) is 0 Å². The lowest BCUT2D eigenvalue weighted by molar-refractivity contribution is -0.173. The molecule has 2 nitrogen and oxygen atoms in total. The highest BCUT2D eigenvalue weighted by atomic mass is 79.9. The minimum Gasteiger partial charge on any atom is -0.372 e. The molecule has 0 aromatic heterocycles. The number of ether oxygens (including phenoxy) is 1. The predicted molar refractivity (Wildman–Crippen MR) is 61.9 cm³/mol. The first-order valence-corrected chi connectivity index (χ1v) is 6.43. The minimum atomic E-state index is -4.22. The van der Waals surface area contributed by atoms with Crippen molar-refractivity contribution in [2.75, 3.05) is 25.1 Å². The van der Waals surface area contributed by atoms with Crippen molar-refractivity contribution in [3.63, 3.8) is 0 Å². The zero-order valence-corrected chi connectivity index (χ0v) is 11.2. The van der Waals surface area contributed by atoms with E-state index in [1.165, 1.54) is 0 Å². The van der Waals surface area contributed by atoms with E-state index in [1.54, 1.807) is 0 Å². The number of rotatable bonds is 8. The molecular formula is C10H19BrF3NO. The second-order valence-electron chi connectivity index (χ2n) is 3.90. The van der Waals surface area contributed by atoms with Gasteiger partial charge in [-0.05, 0) is 25.8 Å². The molecule has 98 valence electrons. The first kappa shape index (κ1) is 16.2. The highest BCUT2D eigenvalue weighted by molar-refractivity contribution is 9.09. The SMILES string of the molecule is CC(CBr)C(C)NCCCOCC(F)(F)F. The van der Waals surface area contributed by atoms with Crippen LogP contribution in [0.2, 0.25) is 0 Å². The largest absolute Gasteiger partial charge is 0.411 e. The maximum atomic E-state index is 11.7. The fourth-order valence-corrected chi connectivity index (χ4v) is 1.59. The van der Waals surface area contributed by atoms with Crippen LogP contribution >= 0.6 is 15.9 Å². The minimum absolute atomic E-state index is 0.141. The highest BCUT2D eigenvalue weighted by Gasteiger charge is 2.27. The Labute approximate surface area is 103 Å². The van der Waals surface area contributed by atoms with E-state index in [-0.39, 0.29) is 6.61 Å². The van der Waals surface area contributed by atoms with E-state index in [9.17, 15) is 13.2 Å². The summed E-state index contributed by atoms with van der Waals surface area (Å²) < 4.78 is 39.6. The summed E-state index contributed by atoms with van der Waals surface area (Å²) in [5.74, 6) is 0.496. The Hall–Kier alpha value is 0.190. The average Bonchev–Trinajstić information content (AvgIpc) is 2.20. The molecule has 0 heterocycles. The zero-order chi connectivity index (χ0) is 12.6. The van der Waals surface area contributed by atoms with Crippen molar-refractivity contribution in [3.05, 3.63) is 0 Å². The van der Waals surface area contributed by atoms with Crippen molar-refractivity contribution < 1.29 is 17.9 Å². The molecule has 0 aromatic rings. The van der Waals surface area contributed by atoms with Gasteiger partial charge in [-0.3, -0.25) is 0 Å². The molecule has 0 aliphatic heterocycles. The van der Waals surface area contributed by atoms with Crippen LogP contribution in [-0.4, -0.2) is 37.3 Å². The zero-order valence-electron chi connectivity index (χ0n) is 9.61. The predicted octanol–water partition coefficient (Wildman–Crippen LogP) is 2.96. The Kier molecular flexibility index (Phi) is 8.40. The Morgan fingerprint density at radius 2 is 1.94 bits per heavy atom. The van der Waals surface area contributed by atoms with E-state index in [1.807, 2.05) is 0 Å². The van der Waals surface area contributed by atoms with Gasteiger partial charge in [0.15, 0.2) is 0 Å². The summed E-state index contributed by atoms with van der Waals surface area (Å²) in [4.78, 5) is 0. The van der Waals surface area contributed by atoms with Crippen LogP contribution in [0.1, 0.15) is 20.3 Å². The van der Waals surface area contributed by atoms with Crippen LogP contribution in [0.15, 0.2) is 0 Å². The third kappa shape index (κ3) is 9.42. The molecule has 2 atom stereocenters. The van der Waals surface area contributed by atoms with E-state index in [0.29, 0.717) is 24.9 Å². The van der Waals surface area contributed by atoms with E-state index >= 15 is 0 Å². The van der Waals surface area contributed by atoms with Gasteiger partial charge in [-0.25, -0.2) is 0 Å². The maximum absolute atomic E-state index is 11.7. The van der Waals surface area contributed by atoms with E-state index in [0.717, 1.165) is 5.33 Å². The number of hydrogen-bond acceptors (Lipinski definition) is 2. The van der Waals surface area contributed by atoms with Gasteiger partial charge in [0.05, 0.1) is 0 Å². The van der Waals surface area contributed by atoms with Crippen LogP contribution < -0.4 is 5.32 Å². The molecule has 2 unspecified atom stereocenters. The number of halogens is 4. The van der Waals surface area contributed by atoms with Gasteiger partial charge in [0, 0.05) is 18.0 Å². The Morgan fingerprint density at radius 3 is 2.44 bits per heavy atom. The van der Waals surface area contributed by atoms with Gasteiger partial charge in [-0.1, -0.05) is 22.9 Å². The van der Waals surface area contributed by atoms with E-state index in [2.05, 4.69) is 39.8 Å². The van der Waals surface area contributed by atoms with Crippen LogP contribution in [0.4, 0.5) is 13.2 Å². The smallest absolute Gasteiger partial charge is 0.372 e. The molecule has 0 bridgehead atoms. The Bertz CT molecular complexity index is 178. The molecule has 6 heteroatoms. The lowest BCUT2D eigenvalue weighted by Crippen LogP contribution is -2.34. The number of alkyl halides is 4. The summed E-state index contributed by atoms with van der Waals surface area (Å²) in [5, 5.41) is 4.15. The standard InChI is InChI=1S/C10H19BrF3NO/c1-8(6-11)9(2)15-4-3-5-16-7-10(12,13)14/h8-9,15H,3-7H2,1-2H3. The van der Waals surface area contributed by atoms with Crippen LogP contribution in [0.3, 0.4) is 0 Å². The molecule has 1 N–H and O–H groups in total. The first-order chi connectivity index (χ1) is 7.37. The topological polar surface area (TPSA) is 21.3 Å². The second kappa shape index (κ2) is 8.31. The summed E-state index contributed by atoms with van der Waals surface area (Å²) in [6.07, 6.45) is -3.62. The highest BCUT2D eigenvalue weighted by Crippen LogP contribution is 2.14. The monoisotopic (exact) mass is 305 g/mol. The summed E-state index contributed by atoms with van der Waals surface area (Å²) in [7, 11) is 0. The van der Waals surface area contributed by atoms with Crippen molar-refractivity contribution in [2.45, 2.75) is 32.5 Å². The molecule has 0 radical (unpaired) electrons. The fourth-order valence-electron chi connectivity index (χ4n) is 1.03. The van der Waals surface area contributed by atoms with Gasteiger partial charge in [-0.15, -0.1) is 0 Å². The van der Waals surface area contributed by atoms with Crippen molar-refractivity contribution in [2.24, 2.45) is 5.92 Å². The normalized spacial score (nSPS) is 16.1. The van der Waals surface area contributed by atoms with Gasteiger partial charge < -0.3 is 10.1 Å². The average molecular weight is 306 g/mol. The Balaban J connectivity index is 3.34. The molecule has 0 fully saturated rings. The third-order valence-electron chi connectivity index (χ3n) is 2.29. The fraction of sp³-hybridized carbons (Fsp3) is 1.00. The van der Waals surface area contributed by atoms with E-state index in [4.69, 9.17) is 0 Å². The molecule has 0 saturated heterocycles. The molecule has 0 rings (SSSR count). The van der Waals surface area contributed by atoms with Gasteiger partial charge >= 0.3 is 6.18 Å². The molecule has 16 heavy (non-hydrogen) atoms. The molecule has 0 aliphatic carbocycles. The summed E-state index contributed by atoms with van der Waals surface area (Å²) >= 11 is 3.38. The van der Waals surface area contributed by atoms with Crippen LogP contribution in [0.25, 0.3) is 0 Å². The molecule has 0 amide bonds. The van der Waals surface area contributed by atoms with Gasteiger partial charge in [0.1, 0.15) is 6.61 Å².